The summed E-state index contributed by atoms with van der Waals surface area (Å²) in [5.74, 6) is 0.589. The Morgan fingerprint density at radius 1 is 1.21 bits per heavy atom. The average Bonchev–Trinajstić information content (AvgIpc) is 3.15. The molecule has 1 heterocycles. The lowest BCUT2D eigenvalue weighted by molar-refractivity contribution is -0.384. The summed E-state index contributed by atoms with van der Waals surface area (Å²) in [7, 11) is 1.69. The van der Waals surface area contributed by atoms with Gasteiger partial charge in [-0.3, -0.25) is 25.1 Å². The first-order valence-electron chi connectivity index (χ1n) is 8.78. The number of nitrogens with zero attached hydrogens (tertiary/aromatic N) is 2. The van der Waals surface area contributed by atoms with Crippen LogP contribution < -0.4 is 20.1 Å². The fourth-order valence-electron chi connectivity index (χ4n) is 2.82. The van der Waals surface area contributed by atoms with Gasteiger partial charge in [-0.2, -0.15) is 0 Å². The van der Waals surface area contributed by atoms with E-state index in [0.29, 0.717) is 22.7 Å². The summed E-state index contributed by atoms with van der Waals surface area (Å²) in [6, 6.07) is 10.2. The molecule has 0 bridgehead atoms. The number of likely N-dealkylation sites (N-methyl/N-ethyl adjacent to an activating group) is 1. The molecule has 2 aromatic rings. The van der Waals surface area contributed by atoms with Crippen LogP contribution in [0.4, 0.5) is 16.2 Å². The number of amides is 3. The van der Waals surface area contributed by atoms with E-state index in [2.05, 4.69) is 10.6 Å². The third-order valence-electron chi connectivity index (χ3n) is 4.50. The maximum absolute atomic E-state index is 12.2. The highest BCUT2D eigenvalue weighted by molar-refractivity contribution is 6.01. The summed E-state index contributed by atoms with van der Waals surface area (Å²) in [5.41, 5.74) is 1.13. The van der Waals surface area contributed by atoms with E-state index in [-0.39, 0.29) is 25.1 Å². The van der Waals surface area contributed by atoms with Gasteiger partial charge in [-0.05, 0) is 31.7 Å². The van der Waals surface area contributed by atoms with E-state index in [4.69, 9.17) is 9.47 Å². The molecule has 29 heavy (non-hydrogen) atoms. The average molecular weight is 400 g/mol. The number of ether oxygens (including phenoxy) is 2. The van der Waals surface area contributed by atoms with Crippen molar-refractivity contribution in [1.82, 2.24) is 10.2 Å². The Morgan fingerprint density at radius 2 is 1.97 bits per heavy atom. The minimum atomic E-state index is -0.676. The molecule has 0 fully saturated rings. The van der Waals surface area contributed by atoms with Gasteiger partial charge in [0.2, 0.25) is 12.7 Å². The van der Waals surface area contributed by atoms with Gasteiger partial charge in [-0.15, -0.1) is 0 Å². The molecule has 0 aliphatic carbocycles. The molecule has 1 unspecified atom stereocenters. The number of nitro benzene ring substituents is 1. The van der Waals surface area contributed by atoms with E-state index in [9.17, 15) is 19.7 Å². The molecule has 0 radical (unpaired) electrons. The lowest BCUT2D eigenvalue weighted by Gasteiger charge is -2.24. The summed E-state index contributed by atoms with van der Waals surface area (Å²) in [6.07, 6.45) is 0. The maximum Gasteiger partial charge on any atom is 0.325 e. The number of rotatable bonds is 6. The molecule has 2 aromatic carbocycles. The molecule has 0 aromatic heterocycles. The highest BCUT2D eigenvalue weighted by atomic mass is 16.7. The zero-order valence-electron chi connectivity index (χ0n) is 15.9. The number of urea groups is 1. The Kier molecular flexibility index (Phi) is 5.93. The maximum atomic E-state index is 12.2. The van der Waals surface area contributed by atoms with Crippen LogP contribution in [0.15, 0.2) is 42.5 Å². The number of nitrogens with one attached hydrogen (secondary N) is 2. The highest BCUT2D eigenvalue weighted by Gasteiger charge is 2.19. The Balaban J connectivity index is 1.53. The van der Waals surface area contributed by atoms with Crippen LogP contribution in [-0.4, -0.2) is 42.1 Å². The van der Waals surface area contributed by atoms with Crippen molar-refractivity contribution < 1.29 is 24.0 Å². The van der Waals surface area contributed by atoms with Crippen LogP contribution in [-0.2, 0) is 4.79 Å². The molecule has 0 spiro atoms. The third kappa shape index (κ3) is 4.99. The summed E-state index contributed by atoms with van der Waals surface area (Å²) < 4.78 is 10.4. The molecule has 1 atom stereocenters. The number of non-ortho nitro benzene ring substituents is 1. The summed E-state index contributed by atoms with van der Waals surface area (Å²) in [4.78, 5) is 36.4. The first-order chi connectivity index (χ1) is 13.8. The van der Waals surface area contributed by atoms with Crippen molar-refractivity contribution in [3.8, 4) is 11.5 Å². The fourth-order valence-corrected chi connectivity index (χ4v) is 2.82. The molecule has 2 N–H and O–H groups in total. The molecule has 1 aliphatic heterocycles. The normalized spacial score (nSPS) is 13.1. The van der Waals surface area contributed by atoms with Gasteiger partial charge in [0.15, 0.2) is 11.5 Å². The lowest BCUT2D eigenvalue weighted by Crippen LogP contribution is -2.41. The molecule has 3 amide bonds. The molecule has 10 heteroatoms. The Hall–Kier alpha value is -3.66. The number of hydrogen-bond acceptors (Lipinski definition) is 7. The van der Waals surface area contributed by atoms with Gasteiger partial charge in [-0.25, -0.2) is 4.79 Å². The van der Waals surface area contributed by atoms with Crippen LogP contribution in [0.2, 0.25) is 0 Å². The zero-order valence-corrected chi connectivity index (χ0v) is 15.9. The zero-order chi connectivity index (χ0) is 21.0. The van der Waals surface area contributed by atoms with Gasteiger partial charge < -0.3 is 14.8 Å². The Labute approximate surface area is 166 Å². The SMILES string of the molecule is CC(c1cccc([N+](=O)[O-])c1)N(C)CC(=O)NC(=O)Nc1ccc2c(c1)OCO2. The second-order valence-corrected chi connectivity index (χ2v) is 6.51. The van der Waals surface area contributed by atoms with Crippen LogP contribution >= 0.6 is 0 Å². The fraction of sp³-hybridized carbons (Fsp3) is 0.263. The minimum Gasteiger partial charge on any atom is -0.454 e. The number of benzene rings is 2. The summed E-state index contributed by atoms with van der Waals surface area (Å²) in [6.45, 7) is 1.87. The molecule has 1 aliphatic rings. The van der Waals surface area contributed by atoms with E-state index < -0.39 is 16.9 Å². The van der Waals surface area contributed by atoms with Gasteiger partial charge >= 0.3 is 6.03 Å². The number of fused-ring (bicyclic) bond motifs is 1. The summed E-state index contributed by atoms with van der Waals surface area (Å²) >= 11 is 0. The smallest absolute Gasteiger partial charge is 0.325 e. The summed E-state index contributed by atoms with van der Waals surface area (Å²) in [5, 5.41) is 15.7. The van der Waals surface area contributed by atoms with Gasteiger partial charge in [0.1, 0.15) is 0 Å². The topological polar surface area (TPSA) is 123 Å². The van der Waals surface area contributed by atoms with E-state index in [1.807, 2.05) is 6.92 Å². The van der Waals surface area contributed by atoms with Gasteiger partial charge in [0, 0.05) is 29.9 Å². The monoisotopic (exact) mass is 400 g/mol. The van der Waals surface area contributed by atoms with Gasteiger partial charge in [0.05, 0.1) is 11.5 Å². The largest absolute Gasteiger partial charge is 0.454 e. The van der Waals surface area contributed by atoms with E-state index in [1.165, 1.54) is 12.1 Å². The van der Waals surface area contributed by atoms with Crippen molar-refractivity contribution in [2.75, 3.05) is 25.7 Å². The Bertz CT molecular complexity index is 948. The predicted octanol–water partition coefficient (Wildman–Crippen LogP) is 2.66. The first kappa shape index (κ1) is 20.1. The second-order valence-electron chi connectivity index (χ2n) is 6.51. The van der Waals surface area contributed by atoms with Gasteiger partial charge in [0.25, 0.3) is 5.69 Å². The minimum absolute atomic E-state index is 0.0182. The predicted molar refractivity (Wildman–Crippen MR) is 104 cm³/mol. The van der Waals surface area contributed by atoms with E-state index >= 15 is 0 Å². The molecular formula is C19H20N4O6. The molecule has 0 saturated heterocycles. The van der Waals surface area contributed by atoms with Crippen LogP contribution in [0.3, 0.4) is 0 Å². The molecule has 152 valence electrons. The van der Waals surface area contributed by atoms with Crippen molar-refractivity contribution in [3.05, 3.63) is 58.1 Å². The standard InChI is InChI=1S/C19H20N4O6/c1-12(13-4-3-5-15(8-13)23(26)27)22(2)10-18(24)21-19(25)20-14-6-7-16-17(9-14)29-11-28-16/h3-9,12H,10-11H2,1-2H3,(H2,20,21,24,25). The number of imide groups is 1. The van der Waals surface area contributed by atoms with Crippen molar-refractivity contribution >= 4 is 23.3 Å². The Morgan fingerprint density at radius 3 is 2.72 bits per heavy atom. The molecule has 0 saturated carbocycles. The number of carbonyl (C=O) groups is 2. The van der Waals surface area contributed by atoms with Crippen molar-refractivity contribution in [2.45, 2.75) is 13.0 Å². The molecule has 10 nitrogen and oxygen atoms in total. The highest BCUT2D eigenvalue weighted by Crippen LogP contribution is 2.34. The molecule has 3 rings (SSSR count). The van der Waals surface area contributed by atoms with Crippen molar-refractivity contribution in [3.63, 3.8) is 0 Å². The van der Waals surface area contributed by atoms with Crippen LogP contribution in [0, 0.1) is 10.1 Å². The van der Waals surface area contributed by atoms with E-state index in [1.54, 1.807) is 42.3 Å². The number of hydrogen-bond donors (Lipinski definition) is 2. The number of carbonyl (C=O) groups excluding carboxylic acids is 2. The van der Waals surface area contributed by atoms with Crippen LogP contribution in [0.5, 0.6) is 11.5 Å². The third-order valence-corrected chi connectivity index (χ3v) is 4.50. The number of nitro groups is 1. The van der Waals surface area contributed by atoms with Crippen LogP contribution in [0.25, 0.3) is 0 Å². The van der Waals surface area contributed by atoms with Crippen LogP contribution in [0.1, 0.15) is 18.5 Å². The lowest BCUT2D eigenvalue weighted by atomic mass is 10.1. The molecular weight excluding hydrogens is 380 g/mol. The van der Waals surface area contributed by atoms with Gasteiger partial charge in [-0.1, -0.05) is 12.1 Å². The number of anilines is 1. The second kappa shape index (κ2) is 8.57. The van der Waals surface area contributed by atoms with Crippen molar-refractivity contribution in [1.29, 1.82) is 0 Å². The quantitative estimate of drug-likeness (QED) is 0.564. The first-order valence-corrected chi connectivity index (χ1v) is 8.78. The van der Waals surface area contributed by atoms with Crippen molar-refractivity contribution in [2.24, 2.45) is 0 Å². The van der Waals surface area contributed by atoms with E-state index in [0.717, 1.165) is 0 Å².